The molecule has 1 unspecified atom stereocenters. The quantitative estimate of drug-likeness (QED) is 0.898. The zero-order valence-corrected chi connectivity index (χ0v) is 14.7. The van der Waals surface area contributed by atoms with Crippen LogP contribution in [-0.2, 0) is 4.79 Å². The van der Waals surface area contributed by atoms with E-state index >= 15 is 0 Å². The number of aryl methyl sites for hydroxylation is 2. The molecule has 0 aliphatic carbocycles. The Morgan fingerprint density at radius 3 is 2.92 bits per heavy atom. The smallest absolute Gasteiger partial charge is 0.238 e. The molecule has 0 aromatic heterocycles. The summed E-state index contributed by atoms with van der Waals surface area (Å²) in [5, 5.41) is 6.33. The molecule has 132 valence electrons. The highest BCUT2D eigenvalue weighted by atomic mass is 19.1. The highest BCUT2D eigenvalue weighted by molar-refractivity contribution is 5.93. The van der Waals surface area contributed by atoms with E-state index in [9.17, 15) is 9.18 Å². The molecule has 2 aromatic carbocycles. The zero-order valence-electron chi connectivity index (χ0n) is 14.7. The van der Waals surface area contributed by atoms with Gasteiger partial charge in [0.05, 0.1) is 6.54 Å². The number of amides is 1. The molecule has 4 nitrogen and oxygen atoms in total. The Labute approximate surface area is 148 Å². The molecule has 1 aliphatic rings. The highest BCUT2D eigenvalue weighted by Gasteiger charge is 2.25. The molecule has 1 fully saturated rings. The standard InChI is InChI=1S/C20H24FN3O/c1-14-6-7-15(2)18(10-14)23-20(25)13-24-9-8-22-12-19(24)16-4-3-5-17(21)11-16/h3-7,10-11,19,22H,8-9,12-13H2,1-2H3,(H,23,25). The zero-order chi connectivity index (χ0) is 17.8. The predicted octanol–water partition coefficient (Wildman–Crippen LogP) is 3.03. The third kappa shape index (κ3) is 4.44. The van der Waals surface area contributed by atoms with Gasteiger partial charge in [-0.05, 0) is 48.7 Å². The number of nitrogens with one attached hydrogen (secondary N) is 2. The number of piperazine rings is 1. The average molecular weight is 341 g/mol. The van der Waals surface area contributed by atoms with Crippen LogP contribution in [0.2, 0.25) is 0 Å². The summed E-state index contributed by atoms with van der Waals surface area (Å²) < 4.78 is 13.6. The van der Waals surface area contributed by atoms with E-state index in [1.807, 2.05) is 38.1 Å². The van der Waals surface area contributed by atoms with Gasteiger partial charge in [0.25, 0.3) is 0 Å². The Bertz CT molecular complexity index is 762. The fraction of sp³-hybridized carbons (Fsp3) is 0.350. The van der Waals surface area contributed by atoms with E-state index in [1.165, 1.54) is 6.07 Å². The van der Waals surface area contributed by atoms with E-state index in [-0.39, 0.29) is 24.3 Å². The molecule has 0 spiro atoms. The first kappa shape index (κ1) is 17.6. The second-order valence-corrected chi connectivity index (χ2v) is 6.61. The summed E-state index contributed by atoms with van der Waals surface area (Å²) >= 11 is 0. The van der Waals surface area contributed by atoms with Gasteiger partial charge in [-0.2, -0.15) is 0 Å². The maximum atomic E-state index is 13.6. The summed E-state index contributed by atoms with van der Waals surface area (Å²) in [5.41, 5.74) is 3.90. The minimum atomic E-state index is -0.247. The van der Waals surface area contributed by atoms with Crippen molar-refractivity contribution in [1.82, 2.24) is 10.2 Å². The van der Waals surface area contributed by atoms with Gasteiger partial charge in [0.15, 0.2) is 0 Å². The Morgan fingerprint density at radius 1 is 1.28 bits per heavy atom. The topological polar surface area (TPSA) is 44.4 Å². The second kappa shape index (κ2) is 7.76. The lowest BCUT2D eigenvalue weighted by molar-refractivity contribution is -0.118. The van der Waals surface area contributed by atoms with Crippen LogP contribution < -0.4 is 10.6 Å². The third-order valence-corrected chi connectivity index (χ3v) is 4.60. The van der Waals surface area contributed by atoms with Crippen molar-refractivity contribution in [3.63, 3.8) is 0 Å². The van der Waals surface area contributed by atoms with Crippen LogP contribution in [-0.4, -0.2) is 37.0 Å². The van der Waals surface area contributed by atoms with Crippen LogP contribution >= 0.6 is 0 Å². The Kier molecular flexibility index (Phi) is 5.46. The summed E-state index contributed by atoms with van der Waals surface area (Å²) in [6.07, 6.45) is 0. The van der Waals surface area contributed by atoms with Gasteiger partial charge >= 0.3 is 0 Å². The van der Waals surface area contributed by atoms with Crippen LogP contribution in [0.3, 0.4) is 0 Å². The number of rotatable bonds is 4. The van der Waals surface area contributed by atoms with Gasteiger partial charge in [0.1, 0.15) is 5.82 Å². The predicted molar refractivity (Wildman–Crippen MR) is 98.1 cm³/mol. The van der Waals surface area contributed by atoms with Crippen molar-refractivity contribution in [2.24, 2.45) is 0 Å². The fourth-order valence-electron chi connectivity index (χ4n) is 3.22. The number of halogens is 1. The van der Waals surface area contributed by atoms with Crippen molar-refractivity contribution in [2.45, 2.75) is 19.9 Å². The molecule has 1 heterocycles. The lowest BCUT2D eigenvalue weighted by atomic mass is 10.0. The number of carbonyl (C=O) groups is 1. The van der Waals surface area contributed by atoms with E-state index in [0.29, 0.717) is 6.54 Å². The second-order valence-electron chi connectivity index (χ2n) is 6.61. The first-order valence-corrected chi connectivity index (χ1v) is 8.60. The SMILES string of the molecule is Cc1ccc(C)c(NC(=O)CN2CCNCC2c2cccc(F)c2)c1. The van der Waals surface area contributed by atoms with Gasteiger partial charge in [-0.15, -0.1) is 0 Å². The minimum absolute atomic E-state index is 0.00573. The minimum Gasteiger partial charge on any atom is -0.325 e. The van der Waals surface area contributed by atoms with Crippen molar-refractivity contribution < 1.29 is 9.18 Å². The number of hydrogen-bond donors (Lipinski definition) is 2. The van der Waals surface area contributed by atoms with Crippen molar-refractivity contribution in [3.8, 4) is 0 Å². The van der Waals surface area contributed by atoms with Crippen LogP contribution in [0.25, 0.3) is 0 Å². The molecule has 5 heteroatoms. The Balaban J connectivity index is 1.71. The van der Waals surface area contributed by atoms with Crippen LogP contribution in [0, 0.1) is 19.7 Å². The molecule has 0 saturated carbocycles. The molecule has 3 rings (SSSR count). The molecule has 0 radical (unpaired) electrons. The first-order valence-electron chi connectivity index (χ1n) is 8.60. The fourth-order valence-corrected chi connectivity index (χ4v) is 3.22. The normalized spacial score (nSPS) is 18.1. The molecule has 25 heavy (non-hydrogen) atoms. The molecule has 1 atom stereocenters. The van der Waals surface area contributed by atoms with Crippen LogP contribution in [0.4, 0.5) is 10.1 Å². The third-order valence-electron chi connectivity index (χ3n) is 4.60. The van der Waals surface area contributed by atoms with Crippen molar-refractivity contribution in [1.29, 1.82) is 0 Å². The maximum Gasteiger partial charge on any atom is 0.238 e. The number of benzene rings is 2. The summed E-state index contributed by atoms with van der Waals surface area (Å²) in [4.78, 5) is 14.6. The molecule has 2 N–H and O–H groups in total. The number of carbonyl (C=O) groups excluding carboxylic acids is 1. The molecule has 2 aromatic rings. The monoisotopic (exact) mass is 341 g/mol. The molecule has 0 bridgehead atoms. The van der Waals surface area contributed by atoms with Crippen molar-refractivity contribution >= 4 is 11.6 Å². The lowest BCUT2D eigenvalue weighted by Crippen LogP contribution is -2.48. The molecular weight excluding hydrogens is 317 g/mol. The van der Waals surface area contributed by atoms with E-state index < -0.39 is 0 Å². The number of hydrogen-bond acceptors (Lipinski definition) is 3. The molecule has 1 aliphatic heterocycles. The first-order chi connectivity index (χ1) is 12.0. The van der Waals surface area contributed by atoms with E-state index in [4.69, 9.17) is 0 Å². The number of nitrogens with zero attached hydrogens (tertiary/aromatic N) is 1. The van der Waals surface area contributed by atoms with E-state index in [1.54, 1.807) is 12.1 Å². The van der Waals surface area contributed by atoms with Gasteiger partial charge in [-0.1, -0.05) is 24.3 Å². The Morgan fingerprint density at radius 2 is 2.12 bits per heavy atom. The van der Waals surface area contributed by atoms with Gasteiger partial charge in [-0.25, -0.2) is 4.39 Å². The van der Waals surface area contributed by atoms with E-state index in [0.717, 1.165) is 35.5 Å². The molecular formula is C20H24FN3O. The highest BCUT2D eigenvalue weighted by Crippen LogP contribution is 2.23. The van der Waals surface area contributed by atoms with Gasteiger partial charge in [0.2, 0.25) is 5.91 Å². The van der Waals surface area contributed by atoms with Gasteiger partial charge < -0.3 is 10.6 Å². The largest absolute Gasteiger partial charge is 0.325 e. The summed E-state index contributed by atoms with van der Waals surface area (Å²) in [7, 11) is 0. The summed E-state index contributed by atoms with van der Waals surface area (Å²) in [6, 6.07) is 12.6. The molecule has 1 saturated heterocycles. The van der Waals surface area contributed by atoms with Crippen molar-refractivity contribution in [2.75, 3.05) is 31.5 Å². The van der Waals surface area contributed by atoms with Gasteiger partial charge in [0, 0.05) is 31.4 Å². The molecule has 1 amide bonds. The average Bonchev–Trinajstić information content (AvgIpc) is 2.58. The van der Waals surface area contributed by atoms with Crippen LogP contribution in [0.1, 0.15) is 22.7 Å². The van der Waals surface area contributed by atoms with Crippen molar-refractivity contribution in [3.05, 3.63) is 65.0 Å². The number of anilines is 1. The van der Waals surface area contributed by atoms with Gasteiger partial charge in [-0.3, -0.25) is 9.69 Å². The summed E-state index contributed by atoms with van der Waals surface area (Å²) in [5.74, 6) is -0.292. The van der Waals surface area contributed by atoms with Crippen LogP contribution in [0.15, 0.2) is 42.5 Å². The van der Waals surface area contributed by atoms with E-state index in [2.05, 4.69) is 15.5 Å². The maximum absolute atomic E-state index is 13.6. The van der Waals surface area contributed by atoms with Crippen LogP contribution in [0.5, 0.6) is 0 Å². The lowest BCUT2D eigenvalue weighted by Gasteiger charge is -2.36. The summed E-state index contributed by atoms with van der Waals surface area (Å²) in [6.45, 7) is 6.56. The Hall–Kier alpha value is -2.24.